The third-order valence-corrected chi connectivity index (χ3v) is 4.60. The largest absolute Gasteiger partial charge is 0.367 e. The van der Waals surface area contributed by atoms with Crippen molar-refractivity contribution in [2.75, 3.05) is 31.5 Å². The second-order valence-corrected chi connectivity index (χ2v) is 5.89. The Bertz CT molecular complexity index is 1010. The molecule has 0 atom stereocenters. The number of hydrogen-bond donors (Lipinski definition) is 1. The zero-order chi connectivity index (χ0) is 18.0. The lowest BCUT2D eigenvalue weighted by Crippen LogP contribution is -2.29. The van der Waals surface area contributed by atoms with Crippen molar-refractivity contribution >= 4 is 22.5 Å². The van der Waals surface area contributed by atoms with Crippen molar-refractivity contribution < 1.29 is 0 Å². The van der Waals surface area contributed by atoms with Gasteiger partial charge in [-0.25, -0.2) is 9.20 Å². The quantitative estimate of drug-likeness (QED) is 0.742. The fourth-order valence-corrected chi connectivity index (χ4v) is 3.20. The highest BCUT2D eigenvalue weighted by molar-refractivity contribution is 5.85. The van der Waals surface area contributed by atoms with E-state index in [9.17, 15) is 10.1 Å². The molecule has 2 heterocycles. The number of hydrogen-bond acceptors (Lipinski definition) is 5. The number of para-hydroxylation sites is 2. The van der Waals surface area contributed by atoms with Gasteiger partial charge in [-0.05, 0) is 25.2 Å². The molecule has 3 rings (SSSR count). The standard InChI is InChI=1S/C18H22N6O/c1-4-23(5-2)11-10-20-16-13(12-19)17-22(3)14-8-6-7-9-15(14)24(17)18(25)21-16/h6-9H,4-5,10-11H2,1-3H3,(H,20,21,25). The van der Waals surface area contributed by atoms with Gasteiger partial charge in [-0.3, -0.25) is 0 Å². The maximum atomic E-state index is 12.6. The van der Waals surface area contributed by atoms with Gasteiger partial charge in [-0.1, -0.05) is 26.0 Å². The van der Waals surface area contributed by atoms with Gasteiger partial charge >= 0.3 is 5.69 Å². The molecule has 0 aliphatic rings. The van der Waals surface area contributed by atoms with E-state index >= 15 is 0 Å². The molecule has 3 aromatic rings. The van der Waals surface area contributed by atoms with Crippen LogP contribution in [-0.2, 0) is 7.05 Å². The molecule has 2 aromatic heterocycles. The number of anilines is 1. The Hall–Kier alpha value is -2.85. The molecule has 0 saturated heterocycles. The summed E-state index contributed by atoms with van der Waals surface area (Å²) in [6.07, 6.45) is 0. The van der Waals surface area contributed by atoms with Gasteiger partial charge in [0.05, 0.1) is 11.0 Å². The second kappa shape index (κ2) is 6.95. The summed E-state index contributed by atoms with van der Waals surface area (Å²) in [4.78, 5) is 19.0. The lowest BCUT2D eigenvalue weighted by atomic mass is 10.3. The van der Waals surface area contributed by atoms with Crippen LogP contribution >= 0.6 is 0 Å². The highest BCUT2D eigenvalue weighted by atomic mass is 16.1. The van der Waals surface area contributed by atoms with Crippen molar-refractivity contribution in [3.63, 3.8) is 0 Å². The van der Waals surface area contributed by atoms with Crippen LogP contribution in [0.2, 0.25) is 0 Å². The number of likely N-dealkylation sites (N-methyl/N-ethyl adjacent to an activating group) is 1. The number of nitriles is 1. The van der Waals surface area contributed by atoms with E-state index < -0.39 is 0 Å². The van der Waals surface area contributed by atoms with Crippen LogP contribution in [0.3, 0.4) is 0 Å². The maximum Gasteiger partial charge on any atom is 0.355 e. The predicted molar refractivity (Wildman–Crippen MR) is 98.9 cm³/mol. The minimum absolute atomic E-state index is 0.352. The topological polar surface area (TPSA) is 78.4 Å². The van der Waals surface area contributed by atoms with Crippen LogP contribution in [0.15, 0.2) is 29.1 Å². The Morgan fingerprint density at radius 2 is 1.92 bits per heavy atom. The van der Waals surface area contributed by atoms with E-state index in [1.807, 2.05) is 35.9 Å². The van der Waals surface area contributed by atoms with Gasteiger partial charge in [0.1, 0.15) is 17.3 Å². The molecule has 0 aliphatic carbocycles. The molecule has 0 amide bonds. The van der Waals surface area contributed by atoms with Crippen molar-refractivity contribution in [2.45, 2.75) is 13.8 Å². The lowest BCUT2D eigenvalue weighted by Gasteiger charge is -2.18. The summed E-state index contributed by atoms with van der Waals surface area (Å²) < 4.78 is 3.37. The van der Waals surface area contributed by atoms with Crippen LogP contribution in [0.4, 0.5) is 5.82 Å². The van der Waals surface area contributed by atoms with Crippen molar-refractivity contribution in [3.05, 3.63) is 40.3 Å². The zero-order valence-electron chi connectivity index (χ0n) is 14.8. The van der Waals surface area contributed by atoms with Crippen molar-refractivity contribution in [3.8, 4) is 6.07 Å². The van der Waals surface area contributed by atoms with E-state index in [1.54, 1.807) is 0 Å². The van der Waals surface area contributed by atoms with Crippen LogP contribution in [0.25, 0.3) is 16.7 Å². The Morgan fingerprint density at radius 1 is 1.24 bits per heavy atom. The molecule has 130 valence electrons. The van der Waals surface area contributed by atoms with Crippen LogP contribution in [0.5, 0.6) is 0 Å². The second-order valence-electron chi connectivity index (χ2n) is 5.89. The van der Waals surface area contributed by atoms with Crippen LogP contribution in [0, 0.1) is 11.3 Å². The molecule has 0 unspecified atom stereocenters. The lowest BCUT2D eigenvalue weighted by molar-refractivity contribution is 0.316. The molecule has 0 spiro atoms. The van der Waals surface area contributed by atoms with Gasteiger partial charge in [0.15, 0.2) is 5.82 Å². The molecular weight excluding hydrogens is 316 g/mol. The molecule has 0 fully saturated rings. The van der Waals surface area contributed by atoms with E-state index in [4.69, 9.17) is 0 Å². The molecule has 7 heteroatoms. The normalized spacial score (nSPS) is 11.3. The van der Waals surface area contributed by atoms with E-state index in [1.165, 1.54) is 4.40 Å². The van der Waals surface area contributed by atoms with Gasteiger partial charge in [0.2, 0.25) is 0 Å². The van der Waals surface area contributed by atoms with Crippen molar-refractivity contribution in [1.29, 1.82) is 5.26 Å². The number of nitrogens with zero attached hydrogens (tertiary/aromatic N) is 5. The molecule has 1 N–H and O–H groups in total. The molecule has 7 nitrogen and oxygen atoms in total. The highest BCUT2D eigenvalue weighted by Gasteiger charge is 2.18. The first-order valence-corrected chi connectivity index (χ1v) is 8.48. The highest BCUT2D eigenvalue weighted by Crippen LogP contribution is 2.23. The number of benzene rings is 1. The number of nitrogens with one attached hydrogen (secondary N) is 1. The smallest absolute Gasteiger partial charge is 0.355 e. The summed E-state index contributed by atoms with van der Waals surface area (Å²) in [5, 5.41) is 12.9. The van der Waals surface area contributed by atoms with Crippen molar-refractivity contribution in [1.82, 2.24) is 18.9 Å². The van der Waals surface area contributed by atoms with Gasteiger partial charge in [0, 0.05) is 20.1 Å². The molecule has 25 heavy (non-hydrogen) atoms. The van der Waals surface area contributed by atoms with Crippen LogP contribution in [-0.4, -0.2) is 45.0 Å². The minimum atomic E-state index is -0.379. The number of imidazole rings is 1. The molecule has 0 saturated carbocycles. The molecule has 0 bridgehead atoms. The SMILES string of the molecule is CCN(CC)CCNc1nc(=O)n2c3ccccc3n(C)c2c1C#N. The first-order valence-electron chi connectivity index (χ1n) is 8.48. The number of fused-ring (bicyclic) bond motifs is 3. The first-order chi connectivity index (χ1) is 12.1. The van der Waals surface area contributed by atoms with E-state index in [0.717, 1.165) is 30.7 Å². The summed E-state index contributed by atoms with van der Waals surface area (Å²) in [7, 11) is 1.86. The van der Waals surface area contributed by atoms with E-state index in [-0.39, 0.29) is 5.69 Å². The van der Waals surface area contributed by atoms with Gasteiger partial charge < -0.3 is 14.8 Å². The molecular formula is C18H22N6O. The van der Waals surface area contributed by atoms with Crippen LogP contribution < -0.4 is 11.0 Å². The monoisotopic (exact) mass is 338 g/mol. The molecule has 0 radical (unpaired) electrons. The summed E-state index contributed by atoms with van der Waals surface area (Å²) >= 11 is 0. The average molecular weight is 338 g/mol. The van der Waals surface area contributed by atoms with Crippen LogP contribution in [0.1, 0.15) is 19.4 Å². The Balaban J connectivity index is 2.09. The summed E-state index contributed by atoms with van der Waals surface area (Å²) in [5.74, 6) is 0.352. The fourth-order valence-electron chi connectivity index (χ4n) is 3.20. The summed E-state index contributed by atoms with van der Waals surface area (Å²) in [6.45, 7) is 7.59. The number of aromatic nitrogens is 3. The minimum Gasteiger partial charge on any atom is -0.367 e. The third-order valence-electron chi connectivity index (χ3n) is 4.60. The first kappa shape index (κ1) is 17.0. The summed E-state index contributed by atoms with van der Waals surface area (Å²) in [5.41, 5.74) is 2.21. The average Bonchev–Trinajstić information content (AvgIpc) is 2.93. The van der Waals surface area contributed by atoms with E-state index in [0.29, 0.717) is 23.6 Å². The molecule has 0 aliphatic heterocycles. The predicted octanol–water partition coefficient (Wildman–Crippen LogP) is 1.81. The van der Waals surface area contributed by atoms with Crippen molar-refractivity contribution in [2.24, 2.45) is 7.05 Å². The number of aryl methyl sites for hydroxylation is 1. The zero-order valence-corrected chi connectivity index (χ0v) is 14.8. The molecule has 1 aromatic carbocycles. The third kappa shape index (κ3) is 2.85. The Morgan fingerprint density at radius 3 is 2.56 bits per heavy atom. The van der Waals surface area contributed by atoms with Gasteiger partial charge in [-0.2, -0.15) is 10.2 Å². The number of rotatable bonds is 6. The maximum absolute atomic E-state index is 12.6. The van der Waals surface area contributed by atoms with E-state index in [2.05, 4.69) is 35.1 Å². The fraction of sp³-hybridized carbons (Fsp3) is 0.389. The van der Waals surface area contributed by atoms with Gasteiger partial charge in [0.25, 0.3) is 0 Å². The Kier molecular flexibility index (Phi) is 4.72. The van der Waals surface area contributed by atoms with Gasteiger partial charge in [-0.15, -0.1) is 0 Å². The Labute approximate surface area is 146 Å². The summed E-state index contributed by atoms with van der Waals surface area (Å²) in [6, 6.07) is 9.79.